The smallest absolute Gasteiger partial charge is 0.419 e. The monoisotopic (exact) mass is 507 g/mol. The van der Waals surface area contributed by atoms with Crippen molar-refractivity contribution in [3.63, 3.8) is 0 Å². The molecule has 1 unspecified atom stereocenters. The summed E-state index contributed by atoms with van der Waals surface area (Å²) in [6, 6.07) is 2.67. The number of anilines is 1. The lowest BCUT2D eigenvalue weighted by atomic mass is 10.1. The van der Waals surface area contributed by atoms with Crippen molar-refractivity contribution in [3.05, 3.63) is 70.9 Å². The van der Waals surface area contributed by atoms with Gasteiger partial charge < -0.3 is 9.73 Å². The van der Waals surface area contributed by atoms with Crippen LogP contribution >= 0.6 is 0 Å². The van der Waals surface area contributed by atoms with Gasteiger partial charge in [-0.15, -0.1) is 0 Å². The van der Waals surface area contributed by atoms with Crippen LogP contribution in [0.4, 0.5) is 32.0 Å². The highest BCUT2D eigenvalue weighted by Crippen LogP contribution is 2.34. The summed E-state index contributed by atoms with van der Waals surface area (Å²) in [5.41, 5.74) is -3.08. The van der Waals surface area contributed by atoms with E-state index in [0.717, 1.165) is 24.5 Å². The summed E-state index contributed by atoms with van der Waals surface area (Å²) in [5.74, 6) is -5.22. The fourth-order valence-corrected chi connectivity index (χ4v) is 3.43. The number of carbonyl (C=O) groups is 1. The van der Waals surface area contributed by atoms with Crippen LogP contribution in [0.15, 0.2) is 41.0 Å². The summed E-state index contributed by atoms with van der Waals surface area (Å²) in [4.78, 5) is 16.2. The van der Waals surface area contributed by atoms with Crippen molar-refractivity contribution in [1.82, 2.24) is 10.3 Å². The SMILES string of the molecule is CC(NC(=O)c1coc(-c2ccc(F)c(C(F)(F)F)c2)n1)c1cc(F)c(NS(C)(=O)=O)c(F)c1. The molecule has 14 heteroatoms. The van der Waals surface area contributed by atoms with E-state index >= 15 is 0 Å². The lowest BCUT2D eigenvalue weighted by Gasteiger charge is -2.15. The molecule has 1 atom stereocenters. The average molecular weight is 507 g/mol. The normalized spacial score (nSPS) is 12.9. The quantitative estimate of drug-likeness (QED) is 0.474. The molecule has 0 radical (unpaired) electrons. The summed E-state index contributed by atoms with van der Waals surface area (Å²) in [7, 11) is -3.95. The van der Waals surface area contributed by atoms with Crippen LogP contribution in [0.3, 0.4) is 0 Å². The molecular formula is C20H15F6N3O4S. The van der Waals surface area contributed by atoms with Crippen LogP contribution in [-0.2, 0) is 16.2 Å². The fourth-order valence-electron chi connectivity index (χ4n) is 2.87. The molecule has 34 heavy (non-hydrogen) atoms. The summed E-state index contributed by atoms with van der Waals surface area (Å²) in [5, 5.41) is 2.37. The number of nitrogens with one attached hydrogen (secondary N) is 2. The predicted octanol–water partition coefficient (Wildman–Crippen LogP) is 4.64. The van der Waals surface area contributed by atoms with E-state index < -0.39 is 62.7 Å². The maximum atomic E-state index is 14.2. The number of aromatic nitrogens is 1. The van der Waals surface area contributed by atoms with E-state index in [4.69, 9.17) is 4.42 Å². The van der Waals surface area contributed by atoms with E-state index in [0.29, 0.717) is 18.4 Å². The third kappa shape index (κ3) is 5.68. The van der Waals surface area contributed by atoms with Gasteiger partial charge in [0.25, 0.3) is 5.91 Å². The van der Waals surface area contributed by atoms with Crippen LogP contribution in [0.2, 0.25) is 0 Å². The third-order valence-electron chi connectivity index (χ3n) is 4.46. The van der Waals surface area contributed by atoms with Gasteiger partial charge in [0.05, 0.1) is 17.9 Å². The Bertz CT molecular complexity index is 1330. The van der Waals surface area contributed by atoms with E-state index in [-0.39, 0.29) is 16.8 Å². The molecule has 1 aromatic heterocycles. The van der Waals surface area contributed by atoms with Crippen LogP contribution < -0.4 is 10.0 Å². The van der Waals surface area contributed by atoms with Crippen LogP contribution in [-0.4, -0.2) is 25.6 Å². The van der Waals surface area contributed by atoms with Gasteiger partial charge in [0.2, 0.25) is 15.9 Å². The largest absolute Gasteiger partial charge is 0.444 e. The second kappa shape index (κ2) is 9.00. The van der Waals surface area contributed by atoms with Gasteiger partial charge in [-0.2, -0.15) is 13.2 Å². The number of carbonyl (C=O) groups excluding carboxylic acids is 1. The Morgan fingerprint density at radius 2 is 1.68 bits per heavy atom. The Kier molecular flexibility index (Phi) is 6.64. The van der Waals surface area contributed by atoms with Crippen LogP contribution in [0.1, 0.15) is 34.6 Å². The number of oxazole rings is 1. The van der Waals surface area contributed by atoms with Gasteiger partial charge in [0.1, 0.15) is 17.8 Å². The summed E-state index contributed by atoms with van der Waals surface area (Å²) < 4.78 is 110. The lowest BCUT2D eigenvalue weighted by molar-refractivity contribution is -0.139. The molecule has 182 valence electrons. The molecule has 0 fully saturated rings. The standard InChI is InChI=1S/C20H15F6N3O4S/c1-9(11-6-14(22)17(15(23)7-11)29-34(2,31)32)27-18(30)16-8-33-19(28-16)10-3-4-13(21)12(5-10)20(24,25)26/h3-9,29H,1-2H3,(H,27,30). The number of alkyl halides is 3. The minimum Gasteiger partial charge on any atom is -0.444 e. The Labute approximate surface area is 188 Å². The second-order valence-corrected chi connectivity index (χ2v) is 8.91. The number of benzene rings is 2. The van der Waals surface area contributed by atoms with E-state index in [1.54, 1.807) is 4.72 Å². The van der Waals surface area contributed by atoms with Gasteiger partial charge in [-0.25, -0.2) is 26.6 Å². The lowest BCUT2D eigenvalue weighted by Crippen LogP contribution is -2.27. The number of rotatable bonds is 6. The molecule has 1 amide bonds. The molecular weight excluding hydrogens is 492 g/mol. The average Bonchev–Trinajstić information content (AvgIpc) is 3.19. The maximum absolute atomic E-state index is 14.2. The first-order valence-corrected chi connectivity index (χ1v) is 11.1. The molecule has 0 aliphatic carbocycles. The van der Waals surface area contributed by atoms with Crippen molar-refractivity contribution in [2.45, 2.75) is 19.1 Å². The van der Waals surface area contributed by atoms with Crippen molar-refractivity contribution >= 4 is 21.6 Å². The van der Waals surface area contributed by atoms with E-state index in [1.807, 2.05) is 0 Å². The van der Waals surface area contributed by atoms with Gasteiger partial charge in [-0.05, 0) is 42.8 Å². The molecule has 0 aliphatic heterocycles. The predicted molar refractivity (Wildman–Crippen MR) is 108 cm³/mol. The number of halogens is 6. The van der Waals surface area contributed by atoms with E-state index in [2.05, 4.69) is 10.3 Å². The topological polar surface area (TPSA) is 101 Å². The summed E-state index contributed by atoms with van der Waals surface area (Å²) in [6.07, 6.45) is -3.40. The van der Waals surface area contributed by atoms with Gasteiger partial charge in [-0.3, -0.25) is 9.52 Å². The zero-order chi connectivity index (χ0) is 25.4. The van der Waals surface area contributed by atoms with Crippen LogP contribution in [0.25, 0.3) is 11.5 Å². The Morgan fingerprint density at radius 3 is 2.24 bits per heavy atom. The van der Waals surface area contributed by atoms with Gasteiger partial charge >= 0.3 is 6.18 Å². The molecule has 7 nitrogen and oxygen atoms in total. The molecule has 2 aromatic carbocycles. The first kappa shape index (κ1) is 25.1. The minimum absolute atomic E-state index is 0.0560. The molecule has 0 bridgehead atoms. The molecule has 3 rings (SSSR count). The maximum Gasteiger partial charge on any atom is 0.419 e. The Hall–Kier alpha value is -3.55. The molecule has 1 heterocycles. The molecule has 3 aromatic rings. The van der Waals surface area contributed by atoms with Crippen molar-refractivity contribution in [3.8, 4) is 11.5 Å². The first-order valence-electron chi connectivity index (χ1n) is 9.26. The summed E-state index contributed by atoms with van der Waals surface area (Å²) in [6.45, 7) is 1.37. The number of hydrogen-bond donors (Lipinski definition) is 2. The first-order chi connectivity index (χ1) is 15.7. The van der Waals surface area contributed by atoms with Crippen molar-refractivity contribution < 1.29 is 44.0 Å². The number of amides is 1. The highest BCUT2D eigenvalue weighted by Gasteiger charge is 2.34. The molecule has 0 saturated heterocycles. The van der Waals surface area contributed by atoms with Crippen LogP contribution in [0.5, 0.6) is 0 Å². The second-order valence-electron chi connectivity index (χ2n) is 7.16. The van der Waals surface area contributed by atoms with E-state index in [9.17, 15) is 39.6 Å². The third-order valence-corrected chi connectivity index (χ3v) is 5.03. The minimum atomic E-state index is -4.96. The van der Waals surface area contributed by atoms with Crippen molar-refractivity contribution in [1.29, 1.82) is 0 Å². The van der Waals surface area contributed by atoms with Crippen molar-refractivity contribution in [2.24, 2.45) is 0 Å². The van der Waals surface area contributed by atoms with Gasteiger partial charge in [-0.1, -0.05) is 0 Å². The fraction of sp³-hybridized carbons (Fsp3) is 0.200. The zero-order valence-corrected chi connectivity index (χ0v) is 18.1. The van der Waals surface area contributed by atoms with Gasteiger partial charge in [0, 0.05) is 5.56 Å². The summed E-state index contributed by atoms with van der Waals surface area (Å²) >= 11 is 0. The molecule has 2 N–H and O–H groups in total. The molecule has 0 spiro atoms. The molecule has 0 aliphatic rings. The Morgan fingerprint density at radius 1 is 1.06 bits per heavy atom. The van der Waals surface area contributed by atoms with E-state index in [1.165, 1.54) is 6.92 Å². The van der Waals surface area contributed by atoms with Crippen molar-refractivity contribution in [2.75, 3.05) is 11.0 Å². The number of nitrogens with zero attached hydrogens (tertiary/aromatic N) is 1. The zero-order valence-electron chi connectivity index (χ0n) is 17.3. The Balaban J connectivity index is 1.79. The molecule has 0 saturated carbocycles. The number of hydrogen-bond acceptors (Lipinski definition) is 5. The number of sulfonamides is 1. The highest BCUT2D eigenvalue weighted by molar-refractivity contribution is 7.92. The van der Waals surface area contributed by atoms with Gasteiger partial charge in [0.15, 0.2) is 17.3 Å². The van der Waals surface area contributed by atoms with Crippen LogP contribution in [0, 0.1) is 17.5 Å². The highest BCUT2D eigenvalue weighted by atomic mass is 32.2.